The second-order valence-corrected chi connectivity index (χ2v) is 4.51. The van der Waals surface area contributed by atoms with E-state index in [2.05, 4.69) is 10.2 Å². The maximum Gasteiger partial charge on any atom is 0.329 e. The molecule has 21 heavy (non-hydrogen) atoms. The molecule has 7 nitrogen and oxygen atoms in total. The number of esters is 2. The summed E-state index contributed by atoms with van der Waals surface area (Å²) in [5, 5.41) is 2.43. The van der Waals surface area contributed by atoms with E-state index in [9.17, 15) is 14.4 Å². The van der Waals surface area contributed by atoms with Gasteiger partial charge in [0.25, 0.3) is 0 Å². The van der Waals surface area contributed by atoms with Crippen LogP contribution in [0.1, 0.15) is 26.7 Å². The number of alkyl halides is 1. The van der Waals surface area contributed by atoms with Crippen LogP contribution in [-0.2, 0) is 23.9 Å². The molecule has 0 fully saturated rings. The molecule has 0 radical (unpaired) electrons. The molecule has 0 aromatic carbocycles. The monoisotopic (exact) mass is 342 g/mol. The largest absolute Gasteiger partial charge is 0.465 e. The number of carbonyl (C=O) groups excluding carboxylic acids is 3. The minimum atomic E-state index is -0.913. The molecular formula is C12H20Cl2N2O5. The highest BCUT2D eigenvalue weighted by Gasteiger charge is 2.23. The number of hydrogen-bond donors (Lipinski definition) is 2. The highest BCUT2D eigenvalue weighted by molar-refractivity contribution is 6.20. The van der Waals surface area contributed by atoms with Crippen LogP contribution in [-0.4, -0.2) is 49.0 Å². The standard InChI is InChI=1S/C12H20Cl2N2O5/c1-3-20-11(18)8(16-14)5-6-10(17)15-9(7-13)12(19)21-4-2/h8-9,16H,3-7H2,1-2H3,(H,15,17)/t8?,9-/m0/s1. The zero-order valence-corrected chi connectivity index (χ0v) is 13.5. The summed E-state index contributed by atoms with van der Waals surface area (Å²) in [6.45, 7) is 3.74. The molecule has 0 bridgehead atoms. The van der Waals surface area contributed by atoms with Crippen LogP contribution in [0.25, 0.3) is 0 Å². The number of ether oxygens (including phenoxy) is 2. The highest BCUT2D eigenvalue weighted by Crippen LogP contribution is 2.03. The molecule has 0 rings (SSSR count). The summed E-state index contributed by atoms with van der Waals surface area (Å²) in [4.78, 5) is 36.9. The average Bonchev–Trinajstić information content (AvgIpc) is 2.45. The molecule has 9 heteroatoms. The van der Waals surface area contributed by atoms with Gasteiger partial charge in [0.15, 0.2) is 0 Å². The van der Waals surface area contributed by atoms with Crippen LogP contribution >= 0.6 is 23.4 Å². The van der Waals surface area contributed by atoms with E-state index in [0.29, 0.717) is 0 Å². The molecule has 0 aromatic rings. The zero-order chi connectivity index (χ0) is 16.3. The van der Waals surface area contributed by atoms with E-state index in [1.807, 2.05) is 0 Å². The molecule has 1 amide bonds. The second-order valence-electron chi connectivity index (χ2n) is 3.98. The van der Waals surface area contributed by atoms with Gasteiger partial charge < -0.3 is 14.8 Å². The lowest BCUT2D eigenvalue weighted by Crippen LogP contribution is -2.44. The molecule has 0 spiro atoms. The summed E-state index contributed by atoms with van der Waals surface area (Å²) in [6.07, 6.45) is 0.113. The Hall–Kier alpha value is -1.05. The van der Waals surface area contributed by atoms with Gasteiger partial charge in [-0.05, 0) is 32.0 Å². The summed E-state index contributed by atoms with van der Waals surface area (Å²) in [7, 11) is 0. The Morgan fingerprint density at radius 2 is 1.57 bits per heavy atom. The fraction of sp³-hybridized carbons (Fsp3) is 0.750. The maximum absolute atomic E-state index is 11.7. The third kappa shape index (κ3) is 8.08. The van der Waals surface area contributed by atoms with Gasteiger partial charge in [-0.3, -0.25) is 9.59 Å². The van der Waals surface area contributed by atoms with Crippen molar-refractivity contribution in [3.8, 4) is 0 Å². The van der Waals surface area contributed by atoms with E-state index >= 15 is 0 Å². The maximum atomic E-state index is 11.7. The van der Waals surface area contributed by atoms with Crippen LogP contribution in [0.15, 0.2) is 0 Å². The Labute approximate surface area is 133 Å². The van der Waals surface area contributed by atoms with Gasteiger partial charge in [0.1, 0.15) is 12.1 Å². The number of halogens is 2. The fourth-order valence-corrected chi connectivity index (χ4v) is 1.81. The molecule has 1 unspecified atom stereocenters. The van der Waals surface area contributed by atoms with E-state index in [1.165, 1.54) is 0 Å². The van der Waals surface area contributed by atoms with Crippen LogP contribution in [0.3, 0.4) is 0 Å². The summed E-state index contributed by atoms with van der Waals surface area (Å²) < 4.78 is 9.55. The van der Waals surface area contributed by atoms with Gasteiger partial charge in [-0.15, -0.1) is 11.6 Å². The predicted molar refractivity (Wildman–Crippen MR) is 77.9 cm³/mol. The second kappa shape index (κ2) is 11.6. The Kier molecular flexibility index (Phi) is 11.0. The topological polar surface area (TPSA) is 93.7 Å². The lowest BCUT2D eigenvalue weighted by atomic mass is 10.1. The minimum Gasteiger partial charge on any atom is -0.465 e. The first-order valence-corrected chi connectivity index (χ1v) is 7.46. The van der Waals surface area contributed by atoms with Crippen molar-refractivity contribution in [3.05, 3.63) is 0 Å². The van der Waals surface area contributed by atoms with E-state index in [4.69, 9.17) is 32.9 Å². The third-order valence-corrected chi connectivity index (χ3v) is 3.00. The minimum absolute atomic E-state index is 0.0179. The number of amides is 1. The van der Waals surface area contributed by atoms with Crippen molar-refractivity contribution in [2.75, 3.05) is 19.1 Å². The van der Waals surface area contributed by atoms with E-state index in [-0.39, 0.29) is 31.9 Å². The molecule has 0 saturated carbocycles. The van der Waals surface area contributed by atoms with Crippen molar-refractivity contribution in [1.29, 1.82) is 0 Å². The smallest absolute Gasteiger partial charge is 0.329 e. The van der Waals surface area contributed by atoms with Crippen molar-refractivity contribution >= 4 is 41.2 Å². The molecule has 0 aliphatic rings. The number of hydrogen-bond acceptors (Lipinski definition) is 6. The molecular weight excluding hydrogens is 323 g/mol. The first kappa shape index (κ1) is 19.9. The molecule has 2 atom stereocenters. The van der Waals surface area contributed by atoms with Crippen LogP contribution in [0.4, 0.5) is 0 Å². The highest BCUT2D eigenvalue weighted by atomic mass is 35.5. The first-order chi connectivity index (χ1) is 9.99. The lowest BCUT2D eigenvalue weighted by Gasteiger charge is -2.16. The van der Waals surface area contributed by atoms with Crippen molar-refractivity contribution in [2.24, 2.45) is 0 Å². The third-order valence-electron chi connectivity index (χ3n) is 2.42. The predicted octanol–water partition coefficient (Wildman–Crippen LogP) is 0.728. The summed E-state index contributed by atoms with van der Waals surface area (Å²) >= 11 is 11.0. The first-order valence-electron chi connectivity index (χ1n) is 6.54. The zero-order valence-electron chi connectivity index (χ0n) is 12.0. The molecule has 122 valence electrons. The molecule has 0 aliphatic heterocycles. The number of carbonyl (C=O) groups is 3. The lowest BCUT2D eigenvalue weighted by molar-refractivity contribution is -0.147. The normalized spacial score (nSPS) is 13.1. The Balaban J connectivity index is 4.28. The SMILES string of the molecule is CCOC(=O)C(CCC(=O)N[C@@H](CCl)C(=O)OCC)NCl. The van der Waals surface area contributed by atoms with Gasteiger partial charge in [0, 0.05) is 6.42 Å². The molecule has 0 aliphatic carbocycles. The van der Waals surface area contributed by atoms with Crippen LogP contribution in [0, 0.1) is 0 Å². The van der Waals surface area contributed by atoms with Gasteiger partial charge in [0.2, 0.25) is 5.91 Å². The van der Waals surface area contributed by atoms with Gasteiger partial charge in [-0.25, -0.2) is 9.63 Å². The average molecular weight is 343 g/mol. The van der Waals surface area contributed by atoms with E-state index < -0.39 is 29.9 Å². The van der Waals surface area contributed by atoms with Crippen LogP contribution in [0.5, 0.6) is 0 Å². The fourth-order valence-electron chi connectivity index (χ4n) is 1.41. The quantitative estimate of drug-likeness (QED) is 0.345. The van der Waals surface area contributed by atoms with Gasteiger partial charge in [-0.2, -0.15) is 0 Å². The number of nitrogens with one attached hydrogen (secondary N) is 2. The molecule has 0 saturated heterocycles. The van der Waals surface area contributed by atoms with E-state index in [0.717, 1.165) is 0 Å². The number of rotatable bonds is 10. The van der Waals surface area contributed by atoms with Crippen LogP contribution < -0.4 is 10.2 Å². The Bertz CT molecular complexity index is 355. The molecule has 2 N–H and O–H groups in total. The summed E-state index contributed by atoms with van der Waals surface area (Å²) in [5.41, 5.74) is 0. The van der Waals surface area contributed by atoms with Gasteiger partial charge in [0.05, 0.1) is 19.1 Å². The summed E-state index contributed by atoms with van der Waals surface area (Å²) in [6, 6.07) is -1.71. The Morgan fingerprint density at radius 1 is 1.05 bits per heavy atom. The van der Waals surface area contributed by atoms with Crippen molar-refractivity contribution in [2.45, 2.75) is 38.8 Å². The molecule has 0 heterocycles. The van der Waals surface area contributed by atoms with Crippen molar-refractivity contribution in [3.63, 3.8) is 0 Å². The van der Waals surface area contributed by atoms with Crippen molar-refractivity contribution < 1.29 is 23.9 Å². The van der Waals surface area contributed by atoms with Crippen molar-refractivity contribution in [1.82, 2.24) is 10.2 Å². The Morgan fingerprint density at radius 3 is 2.00 bits per heavy atom. The van der Waals surface area contributed by atoms with E-state index in [1.54, 1.807) is 13.8 Å². The van der Waals surface area contributed by atoms with Gasteiger partial charge in [-0.1, -0.05) is 0 Å². The van der Waals surface area contributed by atoms with Crippen LogP contribution in [0.2, 0.25) is 0 Å². The molecule has 0 aromatic heterocycles. The summed E-state index contributed by atoms with van der Waals surface area (Å²) in [5.74, 6) is -1.67. The van der Waals surface area contributed by atoms with Gasteiger partial charge >= 0.3 is 11.9 Å².